The van der Waals surface area contributed by atoms with E-state index in [1.165, 1.54) is 28.6 Å². The Morgan fingerprint density at radius 1 is 0.793 bits per heavy atom. The minimum Gasteiger partial charge on any atom is -0.501 e. The molecular formula is C53H51IrN3O-2. The van der Waals surface area contributed by atoms with Crippen molar-refractivity contribution in [1.29, 1.82) is 0 Å². The van der Waals surface area contributed by atoms with E-state index < -0.39 is 18.6 Å². The van der Waals surface area contributed by atoms with Crippen LogP contribution in [0.2, 0.25) is 0 Å². The summed E-state index contributed by atoms with van der Waals surface area (Å²) in [7, 11) is 0. The minimum atomic E-state index is -2.49. The van der Waals surface area contributed by atoms with Crippen LogP contribution in [0.3, 0.4) is 0 Å². The van der Waals surface area contributed by atoms with E-state index in [1.54, 1.807) is 32.9 Å². The van der Waals surface area contributed by atoms with Gasteiger partial charge in [0.05, 0.1) is 22.4 Å². The Morgan fingerprint density at radius 2 is 1.48 bits per heavy atom. The SMILES string of the molecule is Cc1cc(C(C)C)c(-n2c(-c3[c-]cccc3)nc3ccccc32)c(C(C)C)c1.[2H]C([2H])([2H])c1cnc(-c2[c-]ccc3c2oc2cc4ccccc4cc23)cc1C([2H])([2H])C(C)(C)C.[Ir]. The average Bonchev–Trinajstić information content (AvgIpc) is 3.80. The van der Waals surface area contributed by atoms with Crippen molar-refractivity contribution in [2.45, 2.75) is 80.5 Å². The van der Waals surface area contributed by atoms with Crippen LogP contribution in [0.1, 0.15) is 95.0 Å². The summed E-state index contributed by atoms with van der Waals surface area (Å²) in [6, 6.07) is 45.2. The summed E-state index contributed by atoms with van der Waals surface area (Å²) in [4.78, 5) is 9.44. The monoisotopic (exact) mass is 943 g/mol. The molecule has 0 aliphatic heterocycles. The van der Waals surface area contributed by atoms with Crippen molar-refractivity contribution in [1.82, 2.24) is 14.5 Å². The summed E-state index contributed by atoms with van der Waals surface area (Å²) in [6.45, 7) is 14.1. The second kappa shape index (κ2) is 16.5. The Morgan fingerprint density at radius 3 is 2.16 bits per heavy atom. The topological polar surface area (TPSA) is 43.9 Å². The molecule has 4 nitrogen and oxygen atoms in total. The van der Waals surface area contributed by atoms with Gasteiger partial charge in [-0.1, -0.05) is 125 Å². The van der Waals surface area contributed by atoms with E-state index in [0.29, 0.717) is 28.7 Å². The van der Waals surface area contributed by atoms with Crippen LogP contribution in [-0.2, 0) is 26.5 Å². The van der Waals surface area contributed by atoms with E-state index in [2.05, 4.69) is 117 Å². The molecule has 0 bridgehead atoms. The van der Waals surface area contributed by atoms with Crippen LogP contribution in [-0.4, -0.2) is 14.5 Å². The minimum absolute atomic E-state index is 0. The van der Waals surface area contributed by atoms with Crippen molar-refractivity contribution in [3.05, 3.63) is 161 Å². The molecule has 0 unspecified atom stereocenters. The van der Waals surface area contributed by atoms with E-state index in [0.717, 1.165) is 49.5 Å². The molecule has 0 aliphatic rings. The van der Waals surface area contributed by atoms with Gasteiger partial charge in [0.25, 0.3) is 0 Å². The standard InChI is InChI=1S/C27H24NO.C26H27N2.Ir/c1-17-16-28-24(13-20(17)15-27(2,3)4)22-11-7-10-21-23-12-18-8-5-6-9-19(18)14-25(23)29-26(21)22;1-17(2)21-15-19(5)16-22(18(3)4)25(21)28-24-14-10-9-13-23(24)27-26(28)20-11-7-6-8-12-20;/h5-10,12-14,16H,15H2,1-4H3;6-11,13-18H,1-5H3;/q2*-1;/i1D3,15D2;;. The molecule has 5 heteroatoms. The number of aromatic nitrogens is 3. The van der Waals surface area contributed by atoms with Crippen LogP contribution in [0.4, 0.5) is 0 Å². The molecule has 3 heterocycles. The third-order valence-electron chi connectivity index (χ3n) is 10.3. The Hall–Kier alpha value is -5.35. The largest absolute Gasteiger partial charge is 0.501 e. The Balaban J connectivity index is 0.000000189. The van der Waals surface area contributed by atoms with Crippen molar-refractivity contribution in [3.8, 4) is 28.3 Å². The molecule has 0 saturated carbocycles. The Bertz CT molecular complexity index is 3070. The van der Waals surface area contributed by atoms with Gasteiger partial charge in [-0.15, -0.1) is 54.1 Å². The summed E-state index contributed by atoms with van der Waals surface area (Å²) in [5, 5.41) is 4.04. The van der Waals surface area contributed by atoms with Crippen LogP contribution in [0.15, 0.2) is 126 Å². The number of aryl methyl sites for hydroxylation is 2. The summed E-state index contributed by atoms with van der Waals surface area (Å²) >= 11 is 0. The molecule has 0 fully saturated rings. The third kappa shape index (κ3) is 8.04. The normalized spacial score (nSPS) is 13.5. The number of fused-ring (bicyclic) bond motifs is 5. The van der Waals surface area contributed by atoms with E-state index in [-0.39, 0.29) is 31.2 Å². The van der Waals surface area contributed by atoms with Gasteiger partial charge < -0.3 is 14.0 Å². The summed E-state index contributed by atoms with van der Waals surface area (Å²) in [5.74, 6) is 1.79. The first-order valence-corrected chi connectivity index (χ1v) is 19.7. The number of hydrogen-bond donors (Lipinski definition) is 0. The number of para-hydroxylation sites is 2. The fourth-order valence-electron chi connectivity index (χ4n) is 7.66. The molecule has 3 aromatic heterocycles. The van der Waals surface area contributed by atoms with Crippen molar-refractivity contribution in [2.24, 2.45) is 5.41 Å². The molecule has 9 aromatic rings. The molecule has 6 aromatic carbocycles. The maximum atomic E-state index is 8.79. The molecule has 0 atom stereocenters. The number of pyridine rings is 1. The van der Waals surface area contributed by atoms with Gasteiger partial charge in [0.15, 0.2) is 0 Å². The molecule has 0 saturated heterocycles. The average molecular weight is 943 g/mol. The predicted octanol–water partition coefficient (Wildman–Crippen LogP) is 14.5. The number of imidazole rings is 1. The molecule has 295 valence electrons. The van der Waals surface area contributed by atoms with Gasteiger partial charge in [-0.2, -0.15) is 0 Å². The van der Waals surface area contributed by atoms with E-state index >= 15 is 0 Å². The molecule has 9 rings (SSSR count). The quantitative estimate of drug-likeness (QED) is 0.156. The summed E-state index contributed by atoms with van der Waals surface area (Å²) in [6.07, 6.45) is -0.640. The zero-order valence-corrected chi connectivity index (χ0v) is 36.7. The molecule has 0 amide bonds. The summed E-state index contributed by atoms with van der Waals surface area (Å²) < 4.78 is 50.0. The van der Waals surface area contributed by atoms with Crippen LogP contribution in [0, 0.1) is 31.3 Å². The molecule has 1 radical (unpaired) electrons. The van der Waals surface area contributed by atoms with Crippen molar-refractivity contribution in [2.75, 3.05) is 0 Å². The fourth-order valence-corrected chi connectivity index (χ4v) is 7.66. The number of rotatable bonds is 6. The molecule has 58 heavy (non-hydrogen) atoms. The zero-order chi connectivity index (χ0) is 44.3. The van der Waals surface area contributed by atoms with Gasteiger partial charge in [0, 0.05) is 44.2 Å². The molecule has 0 N–H and O–H groups in total. The second-order valence-corrected chi connectivity index (χ2v) is 16.5. The van der Waals surface area contributed by atoms with Gasteiger partial charge in [-0.25, -0.2) is 0 Å². The second-order valence-electron chi connectivity index (χ2n) is 16.5. The van der Waals surface area contributed by atoms with Gasteiger partial charge in [-0.3, -0.25) is 4.98 Å². The van der Waals surface area contributed by atoms with Crippen LogP contribution in [0.25, 0.3) is 72.1 Å². The fraction of sp³-hybridized carbons (Fsp3) is 0.245. The first kappa shape index (κ1) is 34.7. The Labute approximate surface area is 363 Å². The van der Waals surface area contributed by atoms with Gasteiger partial charge in [0.2, 0.25) is 0 Å². The van der Waals surface area contributed by atoms with E-state index in [9.17, 15) is 0 Å². The van der Waals surface area contributed by atoms with Crippen molar-refractivity contribution in [3.63, 3.8) is 0 Å². The van der Waals surface area contributed by atoms with Gasteiger partial charge in [-0.05, 0) is 94.8 Å². The maximum Gasteiger partial charge on any atom is 0.121 e. The first-order valence-electron chi connectivity index (χ1n) is 22.2. The Kier molecular flexibility index (Phi) is 9.85. The van der Waals surface area contributed by atoms with Crippen LogP contribution < -0.4 is 0 Å². The summed E-state index contributed by atoms with van der Waals surface area (Å²) in [5.41, 5.74) is 10.00. The smallest absolute Gasteiger partial charge is 0.121 e. The first-order chi connectivity index (χ1) is 29.3. The van der Waals surface area contributed by atoms with E-state index in [4.69, 9.17) is 16.3 Å². The number of furan rings is 1. The molecule has 0 spiro atoms. The van der Waals surface area contributed by atoms with Crippen LogP contribution >= 0.6 is 0 Å². The van der Waals surface area contributed by atoms with Crippen molar-refractivity contribution < 1.29 is 31.4 Å². The predicted molar refractivity (Wildman–Crippen MR) is 239 cm³/mol. The zero-order valence-electron chi connectivity index (χ0n) is 39.3. The third-order valence-corrected chi connectivity index (χ3v) is 10.3. The van der Waals surface area contributed by atoms with Crippen molar-refractivity contribution >= 4 is 43.7 Å². The van der Waals surface area contributed by atoms with Gasteiger partial charge in [0.1, 0.15) is 5.58 Å². The number of hydrogen-bond acceptors (Lipinski definition) is 3. The van der Waals surface area contributed by atoms with Crippen LogP contribution in [0.5, 0.6) is 0 Å². The maximum absolute atomic E-state index is 8.79. The van der Waals surface area contributed by atoms with E-state index in [1.807, 2.05) is 42.5 Å². The number of nitrogens with zero attached hydrogens (tertiary/aromatic N) is 3. The molecular weight excluding hydrogens is 887 g/mol. The molecule has 0 aliphatic carbocycles. The van der Waals surface area contributed by atoms with Gasteiger partial charge >= 0.3 is 0 Å². The number of benzene rings is 6.